The van der Waals surface area contributed by atoms with E-state index in [0.29, 0.717) is 23.1 Å². The molecule has 0 aromatic heterocycles. The second kappa shape index (κ2) is 8.32. The summed E-state index contributed by atoms with van der Waals surface area (Å²) in [5, 5.41) is 1.31. The number of carbonyl (C=O) groups excluding carboxylic acids is 1. The van der Waals surface area contributed by atoms with Gasteiger partial charge in [0.2, 0.25) is 0 Å². The third-order valence-corrected chi connectivity index (χ3v) is 4.05. The summed E-state index contributed by atoms with van der Waals surface area (Å²) in [5.74, 6) is -0.356. The Balaban J connectivity index is 2.26. The van der Waals surface area contributed by atoms with Crippen LogP contribution in [0.1, 0.15) is 25.0 Å². The third-order valence-electron chi connectivity index (χ3n) is 3.55. The maximum Gasteiger partial charge on any atom is 0.334 e. The van der Waals surface area contributed by atoms with E-state index in [1.165, 1.54) is 0 Å². The van der Waals surface area contributed by atoms with E-state index in [9.17, 15) is 4.79 Å². The lowest BCUT2D eigenvalue weighted by molar-refractivity contribution is -0.148. The van der Waals surface area contributed by atoms with Gasteiger partial charge in [-0.25, -0.2) is 4.79 Å². The molecule has 0 N–H and O–H groups in total. The Morgan fingerprint density at radius 1 is 1.08 bits per heavy atom. The number of carbonyl (C=O) groups is 1. The Hall–Kier alpha value is -1.84. The molecular weight excluding hydrogens is 345 g/mol. The Bertz CT molecular complexity index is 711. The first-order chi connectivity index (χ1) is 11.4. The number of halogens is 2. The van der Waals surface area contributed by atoms with Crippen LogP contribution in [0.4, 0.5) is 0 Å². The highest BCUT2D eigenvalue weighted by Crippen LogP contribution is 2.22. The number of benzene rings is 2. The number of rotatable bonds is 6. The molecule has 0 heterocycles. The van der Waals surface area contributed by atoms with Crippen molar-refractivity contribution in [3.8, 4) is 0 Å². The van der Waals surface area contributed by atoms with Gasteiger partial charge >= 0.3 is 5.97 Å². The molecule has 0 saturated heterocycles. The lowest BCUT2D eigenvalue weighted by Gasteiger charge is -2.23. The average Bonchev–Trinajstić information content (AvgIpc) is 2.57. The van der Waals surface area contributed by atoms with Crippen molar-refractivity contribution < 1.29 is 9.53 Å². The predicted octanol–water partition coefficient (Wildman–Crippen LogP) is 4.98. The molecule has 5 heteroatoms. The second-order valence-corrected chi connectivity index (χ2v) is 6.48. The van der Waals surface area contributed by atoms with Gasteiger partial charge in [0.1, 0.15) is 0 Å². The Labute approximate surface area is 152 Å². The molecule has 0 spiro atoms. The molecular formula is C19H19Cl2NO2. The average molecular weight is 364 g/mol. The normalized spacial score (nSPS) is 13.7. The first-order valence-electron chi connectivity index (χ1n) is 7.65. The fourth-order valence-electron chi connectivity index (χ4n) is 2.22. The van der Waals surface area contributed by atoms with Crippen LogP contribution in [0.15, 0.2) is 53.5 Å². The van der Waals surface area contributed by atoms with Crippen LogP contribution in [0.2, 0.25) is 10.0 Å². The van der Waals surface area contributed by atoms with Gasteiger partial charge in [-0.05, 0) is 49.2 Å². The summed E-state index contributed by atoms with van der Waals surface area (Å²) in [4.78, 5) is 16.9. The summed E-state index contributed by atoms with van der Waals surface area (Å²) in [6, 6.07) is 14.6. The fraction of sp³-hybridized carbons (Fsp3) is 0.263. The zero-order valence-electron chi connectivity index (χ0n) is 13.6. The van der Waals surface area contributed by atoms with E-state index in [2.05, 4.69) is 4.99 Å². The molecule has 126 valence electrons. The minimum absolute atomic E-state index is 0.311. The summed E-state index contributed by atoms with van der Waals surface area (Å²) >= 11 is 11.8. The summed E-state index contributed by atoms with van der Waals surface area (Å²) < 4.78 is 5.21. The van der Waals surface area contributed by atoms with E-state index in [0.717, 1.165) is 11.1 Å². The standard InChI is InChI=1S/C19H19Cl2NO2/c1-3-24-18(23)19(2,12-14-4-8-16(20)9-5-14)22-13-15-6-10-17(21)11-7-15/h4-11,13H,3,12H2,1-2H3/b22-13+. The molecule has 2 aromatic rings. The molecule has 24 heavy (non-hydrogen) atoms. The molecule has 0 fully saturated rings. The van der Waals surface area contributed by atoms with Crippen LogP contribution in [-0.2, 0) is 16.0 Å². The number of hydrogen-bond donors (Lipinski definition) is 0. The number of ether oxygens (including phenoxy) is 1. The van der Waals surface area contributed by atoms with Crippen molar-refractivity contribution in [2.75, 3.05) is 6.61 Å². The van der Waals surface area contributed by atoms with Gasteiger partial charge in [0.25, 0.3) is 0 Å². The van der Waals surface area contributed by atoms with Gasteiger partial charge in [-0.2, -0.15) is 0 Å². The molecule has 1 atom stereocenters. The first kappa shape index (κ1) is 18.5. The van der Waals surface area contributed by atoms with E-state index in [1.807, 2.05) is 24.3 Å². The summed E-state index contributed by atoms with van der Waals surface area (Å²) in [6.07, 6.45) is 2.09. The predicted molar refractivity (Wildman–Crippen MR) is 99.2 cm³/mol. The van der Waals surface area contributed by atoms with Gasteiger partial charge in [-0.1, -0.05) is 47.5 Å². The van der Waals surface area contributed by atoms with Gasteiger partial charge in [0, 0.05) is 22.7 Å². The molecule has 2 rings (SSSR count). The number of hydrogen-bond acceptors (Lipinski definition) is 3. The van der Waals surface area contributed by atoms with E-state index in [1.54, 1.807) is 44.3 Å². The quantitative estimate of drug-likeness (QED) is 0.536. The minimum Gasteiger partial charge on any atom is -0.464 e. The van der Waals surface area contributed by atoms with Crippen molar-refractivity contribution >= 4 is 35.4 Å². The van der Waals surface area contributed by atoms with Crippen molar-refractivity contribution in [2.24, 2.45) is 4.99 Å². The lowest BCUT2D eigenvalue weighted by atomic mass is 9.93. The van der Waals surface area contributed by atoms with Gasteiger partial charge in [0.05, 0.1) is 6.61 Å². The van der Waals surface area contributed by atoms with Crippen LogP contribution >= 0.6 is 23.2 Å². The number of nitrogens with zero attached hydrogens (tertiary/aromatic N) is 1. The Morgan fingerprint density at radius 2 is 1.62 bits per heavy atom. The van der Waals surface area contributed by atoms with Crippen LogP contribution in [0.25, 0.3) is 0 Å². The van der Waals surface area contributed by atoms with Crippen molar-refractivity contribution in [1.29, 1.82) is 0 Å². The molecule has 1 unspecified atom stereocenters. The molecule has 3 nitrogen and oxygen atoms in total. The van der Waals surface area contributed by atoms with Gasteiger partial charge < -0.3 is 4.74 Å². The van der Waals surface area contributed by atoms with E-state index in [4.69, 9.17) is 27.9 Å². The zero-order valence-corrected chi connectivity index (χ0v) is 15.1. The highest BCUT2D eigenvalue weighted by Gasteiger charge is 2.34. The summed E-state index contributed by atoms with van der Waals surface area (Å²) in [5.41, 5.74) is 0.818. The molecule has 0 bridgehead atoms. The van der Waals surface area contributed by atoms with Crippen LogP contribution in [0.5, 0.6) is 0 Å². The first-order valence-corrected chi connectivity index (χ1v) is 8.41. The van der Waals surface area contributed by atoms with Crippen LogP contribution in [-0.4, -0.2) is 24.3 Å². The van der Waals surface area contributed by atoms with Crippen molar-refractivity contribution in [1.82, 2.24) is 0 Å². The maximum absolute atomic E-state index is 12.4. The maximum atomic E-state index is 12.4. The largest absolute Gasteiger partial charge is 0.464 e. The van der Waals surface area contributed by atoms with Crippen LogP contribution in [0.3, 0.4) is 0 Å². The Morgan fingerprint density at radius 3 is 2.17 bits per heavy atom. The Kier molecular flexibility index (Phi) is 6.41. The lowest BCUT2D eigenvalue weighted by Crippen LogP contribution is -2.37. The molecule has 2 aromatic carbocycles. The smallest absolute Gasteiger partial charge is 0.334 e. The van der Waals surface area contributed by atoms with Crippen molar-refractivity contribution in [3.63, 3.8) is 0 Å². The summed E-state index contributed by atoms with van der Waals surface area (Å²) in [7, 11) is 0. The van der Waals surface area contributed by atoms with Crippen molar-refractivity contribution in [3.05, 3.63) is 69.7 Å². The van der Waals surface area contributed by atoms with Gasteiger partial charge in [0.15, 0.2) is 5.54 Å². The fourth-order valence-corrected chi connectivity index (χ4v) is 2.47. The molecule has 0 aliphatic rings. The molecule has 0 radical (unpaired) electrons. The van der Waals surface area contributed by atoms with E-state index < -0.39 is 5.54 Å². The monoisotopic (exact) mass is 363 g/mol. The zero-order chi connectivity index (χ0) is 17.6. The third kappa shape index (κ3) is 5.08. The highest BCUT2D eigenvalue weighted by atomic mass is 35.5. The van der Waals surface area contributed by atoms with E-state index >= 15 is 0 Å². The van der Waals surface area contributed by atoms with Gasteiger partial charge in [-0.3, -0.25) is 4.99 Å². The number of esters is 1. The molecule has 0 saturated carbocycles. The number of aliphatic imine (C=N–C) groups is 1. The van der Waals surface area contributed by atoms with Crippen molar-refractivity contribution in [2.45, 2.75) is 25.8 Å². The van der Waals surface area contributed by atoms with E-state index in [-0.39, 0.29) is 5.97 Å². The second-order valence-electron chi connectivity index (χ2n) is 5.61. The molecule has 0 amide bonds. The molecule has 0 aliphatic carbocycles. The highest BCUT2D eigenvalue weighted by molar-refractivity contribution is 6.30. The van der Waals surface area contributed by atoms with Crippen LogP contribution in [0, 0.1) is 0 Å². The SMILES string of the molecule is CCOC(=O)C(C)(Cc1ccc(Cl)cc1)/N=C/c1ccc(Cl)cc1. The van der Waals surface area contributed by atoms with Gasteiger partial charge in [-0.15, -0.1) is 0 Å². The topological polar surface area (TPSA) is 38.7 Å². The summed E-state index contributed by atoms with van der Waals surface area (Å²) in [6.45, 7) is 3.86. The minimum atomic E-state index is -1.01. The molecule has 0 aliphatic heterocycles. The van der Waals surface area contributed by atoms with Crippen LogP contribution < -0.4 is 0 Å².